The summed E-state index contributed by atoms with van der Waals surface area (Å²) in [5, 5.41) is 56.7. The zero-order valence-electron chi connectivity index (χ0n) is 65.9. The quantitative estimate of drug-likeness (QED) is 0.0299. The maximum absolute atomic E-state index is 14.7. The van der Waals surface area contributed by atoms with Gasteiger partial charge in [-0.25, -0.2) is 0 Å². The number of primary amides is 1. The number of carbonyl (C=O) groups excluding carboxylic acids is 14. The predicted molar refractivity (Wildman–Crippen MR) is 423 cm³/mol. The summed E-state index contributed by atoms with van der Waals surface area (Å²) in [5.74, 6) is -11.4. The fourth-order valence-electron chi connectivity index (χ4n) is 11.6. The lowest BCUT2D eigenvalue weighted by Crippen LogP contribution is -2.62. The molecule has 0 saturated carbocycles. The van der Waals surface area contributed by atoms with Gasteiger partial charge in [0.2, 0.25) is 82.7 Å². The summed E-state index contributed by atoms with van der Waals surface area (Å²) in [5.41, 5.74) is 30.1. The van der Waals surface area contributed by atoms with Gasteiger partial charge in [0, 0.05) is 23.5 Å². The molecule has 0 fully saturated rings. The monoisotopic (exact) mass is 1590 g/mol. The molecule has 14 amide bonds. The van der Waals surface area contributed by atoms with Gasteiger partial charge in [-0.15, -0.1) is 0 Å². The van der Waals surface area contributed by atoms with E-state index in [1.165, 1.54) is 51.2 Å². The number of nitrogens with one attached hydrogen (secondary N) is 14. The number of fused-ring (bicyclic) bond motifs is 1. The Kier molecular flexibility index (Phi) is 46.4. The number of H-pyrrole nitrogens is 1. The Hall–Kier alpha value is -8.20. The van der Waals surface area contributed by atoms with Gasteiger partial charge in [0.1, 0.15) is 72.5 Å². The normalized spacial score (nSPS) is 15.5. The molecule has 1 heterocycles. The van der Waals surface area contributed by atoms with Crippen molar-refractivity contribution in [1.82, 2.24) is 74.1 Å². The molecule has 0 aliphatic heterocycles. The van der Waals surface area contributed by atoms with E-state index in [2.05, 4.69) is 74.1 Å². The molecule has 0 bridgehead atoms. The molecular weight excluding hydrogens is 1460 g/mol. The molecule has 0 aliphatic carbocycles. The van der Waals surface area contributed by atoms with Gasteiger partial charge in [-0.1, -0.05) is 59.7 Å². The smallest absolute Gasteiger partial charge is 0.245 e. The zero-order valence-corrected chi connectivity index (χ0v) is 67.6. The van der Waals surface area contributed by atoms with Crippen molar-refractivity contribution in [3.63, 3.8) is 0 Å². The fourth-order valence-corrected chi connectivity index (χ4v) is 12.5. The van der Waals surface area contributed by atoms with E-state index < -0.39 is 180 Å². The predicted octanol–water partition coefficient (Wildman–Crippen LogP) is -2.71. The molecule has 0 aliphatic rings. The first-order valence-corrected chi connectivity index (χ1v) is 40.7. The zero-order chi connectivity index (χ0) is 82.9. The topological polar surface area (TPSA) is 582 Å². The number of thioether (sulfide) groups is 2. The van der Waals surface area contributed by atoms with Crippen molar-refractivity contribution in [3.05, 3.63) is 36.0 Å². The Bertz CT molecular complexity index is 3290. The molecule has 15 atom stereocenters. The summed E-state index contributed by atoms with van der Waals surface area (Å²) in [7, 11) is 0. The van der Waals surface area contributed by atoms with E-state index in [-0.39, 0.29) is 101 Å². The van der Waals surface area contributed by atoms with Gasteiger partial charge >= 0.3 is 0 Å². The minimum atomic E-state index is -1.74. The highest BCUT2D eigenvalue weighted by Gasteiger charge is 2.39. The largest absolute Gasteiger partial charge is 0.391 e. The lowest BCUT2D eigenvalue weighted by molar-refractivity contribution is -0.137. The van der Waals surface area contributed by atoms with Gasteiger partial charge < -0.3 is 113 Å². The highest BCUT2D eigenvalue weighted by molar-refractivity contribution is 7.98. The van der Waals surface area contributed by atoms with E-state index >= 15 is 0 Å². The number of nitrogens with two attached hydrogens (primary N) is 5. The minimum Gasteiger partial charge on any atom is -0.391 e. The minimum absolute atomic E-state index is 0.00380. The number of unbranched alkanes of at least 4 members (excludes halogenated alkanes) is 3. The van der Waals surface area contributed by atoms with Crippen LogP contribution in [-0.4, -0.2) is 239 Å². The molecule has 0 radical (unpaired) electrons. The van der Waals surface area contributed by atoms with Crippen molar-refractivity contribution in [3.8, 4) is 0 Å². The number of amides is 14. The summed E-state index contributed by atoms with van der Waals surface area (Å²) >= 11 is 2.71. The van der Waals surface area contributed by atoms with Gasteiger partial charge in [-0.2, -0.15) is 23.5 Å². The Labute approximate surface area is 654 Å². The number of carbonyl (C=O) groups is 14. The highest BCUT2D eigenvalue weighted by atomic mass is 32.2. The van der Waals surface area contributed by atoms with Crippen LogP contribution in [0.1, 0.15) is 165 Å². The molecule has 1 aromatic carbocycles. The number of hydrogen-bond donors (Lipinski definition) is 21. The lowest BCUT2D eigenvalue weighted by Gasteiger charge is -2.29. The maximum atomic E-state index is 14.7. The molecule has 110 heavy (non-hydrogen) atoms. The van der Waals surface area contributed by atoms with Crippen molar-refractivity contribution in [2.75, 3.05) is 50.2 Å². The number of aromatic nitrogens is 1. The molecule has 37 heteroatoms. The Morgan fingerprint density at radius 3 is 1.14 bits per heavy atom. The Morgan fingerprint density at radius 2 is 0.745 bits per heavy atom. The van der Waals surface area contributed by atoms with E-state index in [1.54, 1.807) is 46.4 Å². The summed E-state index contributed by atoms with van der Waals surface area (Å²) < 4.78 is 0. The molecule has 35 nitrogen and oxygen atoms in total. The van der Waals surface area contributed by atoms with Gasteiger partial charge in [0.15, 0.2) is 0 Å². The van der Waals surface area contributed by atoms with Crippen LogP contribution in [0, 0.1) is 17.8 Å². The van der Waals surface area contributed by atoms with Crippen LogP contribution in [0.5, 0.6) is 0 Å². The third-order valence-corrected chi connectivity index (χ3v) is 19.0. The van der Waals surface area contributed by atoms with Gasteiger partial charge in [0.25, 0.3) is 0 Å². The van der Waals surface area contributed by atoms with Crippen LogP contribution < -0.4 is 97.8 Å². The summed E-state index contributed by atoms with van der Waals surface area (Å²) in [6, 6.07) is -9.81. The molecule has 2 aromatic rings. The summed E-state index contributed by atoms with van der Waals surface area (Å²) in [6.07, 6.45) is 4.54. The van der Waals surface area contributed by atoms with E-state index in [1.807, 2.05) is 38.1 Å². The lowest BCUT2D eigenvalue weighted by atomic mass is 10.00. The molecular formula is C73H127N19O16S2. The maximum Gasteiger partial charge on any atom is 0.245 e. The van der Waals surface area contributed by atoms with Crippen molar-refractivity contribution in [1.29, 1.82) is 0 Å². The number of aliphatic hydroxyl groups excluding tert-OH is 2. The van der Waals surface area contributed by atoms with Crippen molar-refractivity contribution in [2.24, 2.45) is 46.4 Å². The first-order chi connectivity index (χ1) is 51.9. The van der Waals surface area contributed by atoms with Crippen LogP contribution in [0.3, 0.4) is 0 Å². The van der Waals surface area contributed by atoms with Crippen LogP contribution in [-0.2, 0) is 73.5 Å². The number of aliphatic hydroxyl groups is 2. The van der Waals surface area contributed by atoms with Gasteiger partial charge in [-0.05, 0) is 191 Å². The highest BCUT2D eigenvalue weighted by Crippen LogP contribution is 2.21. The molecule has 2 rings (SSSR count). The molecule has 0 saturated heterocycles. The summed E-state index contributed by atoms with van der Waals surface area (Å²) in [4.78, 5) is 198. The van der Waals surface area contributed by atoms with Crippen molar-refractivity contribution < 1.29 is 77.3 Å². The van der Waals surface area contributed by atoms with E-state index in [0.29, 0.717) is 49.8 Å². The third kappa shape index (κ3) is 36.3. The number of aromatic amines is 1. The van der Waals surface area contributed by atoms with Crippen molar-refractivity contribution >= 4 is 117 Å². The second kappa shape index (κ2) is 52.1. The third-order valence-electron chi connectivity index (χ3n) is 17.7. The van der Waals surface area contributed by atoms with Crippen LogP contribution >= 0.6 is 23.5 Å². The number of benzene rings is 1. The molecule has 622 valence electrons. The van der Waals surface area contributed by atoms with E-state index in [9.17, 15) is 77.3 Å². The average Bonchev–Trinajstić information content (AvgIpc) is 1.33. The fraction of sp³-hybridized carbons (Fsp3) is 0.699. The Balaban J connectivity index is 2.47. The second-order valence-corrected chi connectivity index (χ2v) is 31.0. The number of rotatable bonds is 55. The molecule has 0 spiro atoms. The first kappa shape index (κ1) is 97.9. The Morgan fingerprint density at radius 1 is 0.409 bits per heavy atom. The first-order valence-electron chi connectivity index (χ1n) is 37.9. The van der Waals surface area contributed by atoms with Gasteiger partial charge in [-0.3, -0.25) is 67.1 Å². The second-order valence-electron chi connectivity index (χ2n) is 29.1. The van der Waals surface area contributed by atoms with Crippen LogP contribution in [0.2, 0.25) is 0 Å². The average molecular weight is 1590 g/mol. The molecule has 1 aromatic heterocycles. The van der Waals surface area contributed by atoms with E-state index in [0.717, 1.165) is 10.9 Å². The van der Waals surface area contributed by atoms with Crippen LogP contribution in [0.25, 0.3) is 10.9 Å². The SMILES string of the molecule is CSCC[C@H](NC(=O)[C@@H](NC(=O)CNC(=O)[C@H](CC(C)C)NC(=O)[C@H](CCCCN)NC(=O)[C@H](CCCCN)NC(=O)[C@H](CC(C)C)NC(=O)[C@H](CCSC)NC(=O)[C@@H](NC(=O)[C@H](CCCCN)NC(=O)[C@H](Cc1c[nH]c2ccccc12)NC(=O)[C@H](CC(C)C)NC(=O)[C@H](C)N)[C@@H](C)O)[C@@H](C)O)C(=O)N[C@@H](C)C(N)=O. The standard InChI is InChI=1S/C73H127N19O16S2/c1-39(2)33-54(63(98)80-38-58(95)91-59(44(9)93)72(107)85-52(26-31-109-11)64(99)81-43(8)61(78)96)88-66(101)50(24-16-19-29-75)82-65(100)49(23-15-18-28-74)83-69(104)56(35-41(5)6)89-67(102)53(27-32-110-12)86-73(108)60(45(10)94)92-68(103)51(25-17-20-30-76)84-71(106)57(36-46-37-79-48-22-14-13-21-47(46)48)90-70(105)55(34-40(3)4)87-62(97)42(7)77/h13-14,21-22,37,39-45,49-57,59-60,79,93-94H,15-20,23-36,38,74-77H2,1-12H3,(H2,78,96)(H,80,98)(H,81,99)(H,82,100)(H,83,104)(H,84,106)(H,85,107)(H,86,108)(H,87,97)(H,88,101)(H,89,102)(H,90,105)(H,91,95)(H,92,103)/t42-,43-,44+,45+,49-,50-,51-,52-,53-,54-,55-,56-,57-,59-,60-/m0/s1. The number of hydrogen-bond acceptors (Lipinski definition) is 22. The molecule has 0 unspecified atom stereocenters. The number of para-hydroxylation sites is 1. The van der Waals surface area contributed by atoms with Crippen LogP contribution in [0.4, 0.5) is 0 Å². The molecule has 26 N–H and O–H groups in total. The van der Waals surface area contributed by atoms with Crippen LogP contribution in [0.15, 0.2) is 30.5 Å². The summed E-state index contributed by atoms with van der Waals surface area (Å²) in [6.45, 7) is 16.0. The van der Waals surface area contributed by atoms with E-state index in [4.69, 9.17) is 28.7 Å². The van der Waals surface area contributed by atoms with Crippen molar-refractivity contribution in [2.45, 2.75) is 256 Å². The van der Waals surface area contributed by atoms with Gasteiger partial charge in [0.05, 0.1) is 24.8 Å².